The third-order valence-electron chi connectivity index (χ3n) is 2.92. The molecule has 1 aromatic carbocycles. The second-order valence-electron chi connectivity index (χ2n) is 4.33. The number of amides is 1. The van der Waals surface area contributed by atoms with Crippen LogP contribution >= 0.6 is 0 Å². The highest BCUT2D eigenvalue weighted by molar-refractivity contribution is 5.97. The summed E-state index contributed by atoms with van der Waals surface area (Å²) in [6, 6.07) is 4.96. The van der Waals surface area contributed by atoms with Gasteiger partial charge in [0.05, 0.1) is 17.1 Å². The fourth-order valence-electron chi connectivity index (χ4n) is 1.88. The zero-order valence-corrected chi connectivity index (χ0v) is 10.7. The van der Waals surface area contributed by atoms with Crippen LogP contribution in [0.4, 0.5) is 0 Å². The van der Waals surface area contributed by atoms with Crippen molar-refractivity contribution in [2.75, 3.05) is 0 Å². The molecular weight excluding hydrogens is 256 g/mol. The average molecular weight is 268 g/mol. The van der Waals surface area contributed by atoms with Crippen molar-refractivity contribution in [3.8, 4) is 0 Å². The Bertz CT molecular complexity index is 739. The summed E-state index contributed by atoms with van der Waals surface area (Å²) in [6.07, 6.45) is 4.62. The zero-order chi connectivity index (χ0) is 13.9. The monoisotopic (exact) mass is 268 g/mol. The summed E-state index contributed by atoms with van der Waals surface area (Å²) >= 11 is 0. The molecule has 20 heavy (non-hydrogen) atoms. The number of aromatic nitrogens is 5. The van der Waals surface area contributed by atoms with E-state index in [-0.39, 0.29) is 11.9 Å². The first-order valence-electron chi connectivity index (χ1n) is 6.11. The molecule has 100 valence electrons. The molecule has 3 rings (SSSR count). The molecule has 0 saturated carbocycles. The van der Waals surface area contributed by atoms with Crippen molar-refractivity contribution in [1.82, 2.24) is 30.5 Å². The molecule has 0 aliphatic carbocycles. The van der Waals surface area contributed by atoms with Crippen LogP contribution in [0.5, 0.6) is 0 Å². The second kappa shape index (κ2) is 5.04. The van der Waals surface area contributed by atoms with E-state index in [0.717, 1.165) is 5.52 Å². The Hall–Kier alpha value is -2.83. The van der Waals surface area contributed by atoms with Gasteiger partial charge in [-0.2, -0.15) is 5.10 Å². The third kappa shape index (κ3) is 2.33. The van der Waals surface area contributed by atoms with Gasteiger partial charge in [0, 0.05) is 18.0 Å². The molecule has 0 bridgehead atoms. The van der Waals surface area contributed by atoms with Crippen LogP contribution < -0.4 is 5.32 Å². The number of benzene rings is 1. The fourth-order valence-corrected chi connectivity index (χ4v) is 1.88. The summed E-state index contributed by atoms with van der Waals surface area (Å²) in [5, 5.41) is 9.33. The van der Waals surface area contributed by atoms with E-state index in [4.69, 9.17) is 0 Å². The Balaban J connectivity index is 1.82. The molecule has 1 amide bonds. The minimum atomic E-state index is -0.248. The largest absolute Gasteiger partial charge is 0.342 e. The molecule has 1 unspecified atom stereocenters. The lowest BCUT2D eigenvalue weighted by molar-refractivity contribution is 0.0938. The molecule has 1 atom stereocenters. The average Bonchev–Trinajstić information content (AvgIpc) is 3.01. The first-order valence-corrected chi connectivity index (χ1v) is 6.11. The van der Waals surface area contributed by atoms with Crippen LogP contribution in [0.15, 0.2) is 36.9 Å². The minimum Gasteiger partial charge on any atom is -0.342 e. The van der Waals surface area contributed by atoms with E-state index < -0.39 is 0 Å². The van der Waals surface area contributed by atoms with E-state index in [9.17, 15) is 4.79 Å². The molecule has 3 aromatic rings. The van der Waals surface area contributed by atoms with Gasteiger partial charge in [-0.3, -0.25) is 19.9 Å². The van der Waals surface area contributed by atoms with E-state index in [1.54, 1.807) is 30.6 Å². The Morgan fingerprint density at radius 1 is 1.20 bits per heavy atom. The molecule has 7 heteroatoms. The van der Waals surface area contributed by atoms with Crippen molar-refractivity contribution in [3.63, 3.8) is 0 Å². The van der Waals surface area contributed by atoms with Crippen LogP contribution in [-0.4, -0.2) is 31.1 Å². The molecular formula is C13H12N6O. The molecule has 0 saturated heterocycles. The number of hydrogen-bond acceptors (Lipinski definition) is 5. The van der Waals surface area contributed by atoms with Crippen LogP contribution in [0, 0.1) is 0 Å². The second-order valence-corrected chi connectivity index (χ2v) is 4.33. The van der Waals surface area contributed by atoms with Gasteiger partial charge in [0.15, 0.2) is 0 Å². The van der Waals surface area contributed by atoms with Crippen molar-refractivity contribution in [3.05, 3.63) is 48.3 Å². The first kappa shape index (κ1) is 12.2. The van der Waals surface area contributed by atoms with Gasteiger partial charge in [0.25, 0.3) is 5.91 Å². The number of carbonyl (C=O) groups excluding carboxylic acids is 1. The molecule has 7 nitrogen and oxygen atoms in total. The van der Waals surface area contributed by atoms with Gasteiger partial charge >= 0.3 is 0 Å². The van der Waals surface area contributed by atoms with Gasteiger partial charge in [-0.05, 0) is 25.1 Å². The van der Waals surface area contributed by atoms with Crippen molar-refractivity contribution >= 4 is 16.9 Å². The minimum absolute atomic E-state index is 0.193. The number of rotatable bonds is 3. The van der Waals surface area contributed by atoms with Crippen LogP contribution in [0.3, 0.4) is 0 Å². The number of hydrogen-bond donors (Lipinski definition) is 2. The molecule has 0 spiro atoms. The highest BCUT2D eigenvalue weighted by Gasteiger charge is 2.13. The summed E-state index contributed by atoms with van der Waals surface area (Å²) in [6.45, 7) is 1.83. The SMILES string of the molecule is CC(NC(=O)c1ccc2nccnc2c1)c1ncn[nH]1. The Morgan fingerprint density at radius 3 is 2.75 bits per heavy atom. The van der Waals surface area contributed by atoms with Crippen molar-refractivity contribution < 1.29 is 4.79 Å². The first-order chi connectivity index (χ1) is 9.74. The number of aromatic amines is 1. The Labute approximate surface area is 114 Å². The zero-order valence-electron chi connectivity index (χ0n) is 10.7. The van der Waals surface area contributed by atoms with Gasteiger partial charge in [-0.15, -0.1) is 0 Å². The van der Waals surface area contributed by atoms with Gasteiger partial charge in [0.2, 0.25) is 0 Å². The van der Waals surface area contributed by atoms with E-state index in [2.05, 4.69) is 30.5 Å². The highest BCUT2D eigenvalue weighted by Crippen LogP contribution is 2.12. The van der Waals surface area contributed by atoms with Crippen LogP contribution in [0.1, 0.15) is 29.1 Å². The number of H-pyrrole nitrogens is 1. The summed E-state index contributed by atoms with van der Waals surface area (Å²) in [5.41, 5.74) is 1.98. The van der Waals surface area contributed by atoms with Gasteiger partial charge < -0.3 is 5.32 Å². The third-order valence-corrected chi connectivity index (χ3v) is 2.92. The molecule has 0 fully saturated rings. The molecule has 2 aromatic heterocycles. The fraction of sp³-hybridized carbons (Fsp3) is 0.154. The van der Waals surface area contributed by atoms with Crippen LogP contribution in [-0.2, 0) is 0 Å². The summed E-state index contributed by atoms with van der Waals surface area (Å²) in [4.78, 5) is 24.5. The lowest BCUT2D eigenvalue weighted by Crippen LogP contribution is -2.27. The standard InChI is InChI=1S/C13H12N6O/c1-8(12-16-7-17-19-12)18-13(20)9-2-3-10-11(6-9)15-5-4-14-10/h2-8H,1H3,(H,18,20)(H,16,17,19). The number of carbonyl (C=O) groups is 1. The maximum Gasteiger partial charge on any atom is 0.251 e. The van der Waals surface area contributed by atoms with Crippen LogP contribution in [0.2, 0.25) is 0 Å². The van der Waals surface area contributed by atoms with Crippen molar-refractivity contribution in [2.45, 2.75) is 13.0 Å². The van der Waals surface area contributed by atoms with Crippen molar-refractivity contribution in [1.29, 1.82) is 0 Å². The quantitative estimate of drug-likeness (QED) is 0.745. The molecule has 2 heterocycles. The summed E-state index contributed by atoms with van der Waals surface area (Å²) < 4.78 is 0. The summed E-state index contributed by atoms with van der Waals surface area (Å²) in [5.74, 6) is 0.417. The van der Waals surface area contributed by atoms with Gasteiger partial charge in [-0.25, -0.2) is 4.98 Å². The van der Waals surface area contributed by atoms with E-state index in [0.29, 0.717) is 16.9 Å². The maximum absolute atomic E-state index is 12.2. The normalized spacial score (nSPS) is 12.2. The molecule has 0 aliphatic heterocycles. The molecule has 0 radical (unpaired) electrons. The predicted molar refractivity (Wildman–Crippen MR) is 71.8 cm³/mol. The van der Waals surface area contributed by atoms with E-state index in [1.165, 1.54) is 6.33 Å². The Morgan fingerprint density at radius 2 is 2.00 bits per heavy atom. The number of fused-ring (bicyclic) bond motifs is 1. The van der Waals surface area contributed by atoms with Gasteiger partial charge in [0.1, 0.15) is 12.2 Å². The highest BCUT2D eigenvalue weighted by atomic mass is 16.1. The lowest BCUT2D eigenvalue weighted by Gasteiger charge is -2.11. The van der Waals surface area contributed by atoms with E-state index in [1.807, 2.05) is 6.92 Å². The summed E-state index contributed by atoms with van der Waals surface area (Å²) in [7, 11) is 0. The number of nitrogens with one attached hydrogen (secondary N) is 2. The lowest BCUT2D eigenvalue weighted by atomic mass is 10.1. The maximum atomic E-state index is 12.2. The van der Waals surface area contributed by atoms with E-state index >= 15 is 0 Å². The smallest absolute Gasteiger partial charge is 0.251 e. The molecule has 2 N–H and O–H groups in total. The van der Waals surface area contributed by atoms with Crippen LogP contribution in [0.25, 0.3) is 11.0 Å². The predicted octanol–water partition coefficient (Wildman–Crippen LogP) is 1.24. The Kier molecular flexibility index (Phi) is 3.08. The van der Waals surface area contributed by atoms with Gasteiger partial charge in [-0.1, -0.05) is 0 Å². The molecule has 0 aliphatic rings. The van der Waals surface area contributed by atoms with Crippen molar-refractivity contribution in [2.24, 2.45) is 0 Å². The number of nitrogens with zero attached hydrogens (tertiary/aromatic N) is 4. The topological polar surface area (TPSA) is 96.5 Å².